The lowest BCUT2D eigenvalue weighted by molar-refractivity contribution is 0.353. The highest BCUT2D eigenvalue weighted by atomic mass is 16.3. The van der Waals surface area contributed by atoms with E-state index in [0.29, 0.717) is 17.5 Å². The molecule has 5 heteroatoms. The smallest absolute Gasteiger partial charge is 0.167 e. The highest BCUT2D eigenvalue weighted by Gasteiger charge is 2.43. The first-order valence-electron chi connectivity index (χ1n) is 17.7. The molecule has 2 heterocycles. The van der Waals surface area contributed by atoms with Gasteiger partial charge in [-0.1, -0.05) is 116 Å². The Morgan fingerprint density at radius 2 is 1.20 bits per heavy atom. The molecule has 0 aliphatic heterocycles. The maximum absolute atomic E-state index is 9.74. The van der Waals surface area contributed by atoms with Gasteiger partial charge in [0.1, 0.15) is 11.2 Å². The first-order valence-corrected chi connectivity index (χ1v) is 17.7. The van der Waals surface area contributed by atoms with Crippen LogP contribution in [0.3, 0.4) is 0 Å². The van der Waals surface area contributed by atoms with Crippen LogP contribution in [-0.4, -0.2) is 15.0 Å². The van der Waals surface area contributed by atoms with Gasteiger partial charge in [0.25, 0.3) is 0 Å². The number of hydrogen-bond acceptors (Lipinski definition) is 5. The molecule has 1 spiro atoms. The predicted octanol–water partition coefficient (Wildman–Crippen LogP) is 11.5. The van der Waals surface area contributed by atoms with Gasteiger partial charge in [-0.15, -0.1) is 0 Å². The molecule has 0 saturated heterocycles. The van der Waals surface area contributed by atoms with E-state index in [4.69, 9.17) is 19.4 Å². The van der Waals surface area contributed by atoms with Crippen LogP contribution in [0.1, 0.15) is 48.8 Å². The average Bonchev–Trinajstić information content (AvgIpc) is 3.70. The molecule has 0 unspecified atom stereocenters. The molecule has 0 radical (unpaired) electrons. The van der Waals surface area contributed by atoms with Crippen LogP contribution in [0.15, 0.2) is 138 Å². The normalized spacial score (nSPS) is 14.4. The van der Waals surface area contributed by atoms with Crippen molar-refractivity contribution in [3.8, 4) is 62.5 Å². The minimum absolute atomic E-state index is 0.00516. The zero-order valence-electron chi connectivity index (χ0n) is 27.9. The van der Waals surface area contributed by atoms with Crippen LogP contribution in [0.4, 0.5) is 0 Å². The van der Waals surface area contributed by atoms with Crippen molar-refractivity contribution >= 4 is 21.9 Å². The summed E-state index contributed by atoms with van der Waals surface area (Å²) in [6.45, 7) is 0. The second-order valence-electron chi connectivity index (χ2n) is 13.8. The number of furan rings is 1. The van der Waals surface area contributed by atoms with Gasteiger partial charge in [0, 0.05) is 27.3 Å². The number of aromatic nitrogens is 3. The van der Waals surface area contributed by atoms with Gasteiger partial charge in [0.2, 0.25) is 0 Å². The maximum atomic E-state index is 9.74. The molecule has 5 nitrogen and oxygen atoms in total. The minimum Gasteiger partial charge on any atom is -0.455 e. The van der Waals surface area contributed by atoms with Crippen LogP contribution >= 0.6 is 0 Å². The summed E-state index contributed by atoms with van der Waals surface area (Å²) in [5.41, 5.74) is 12.6. The molecule has 242 valence electrons. The lowest BCUT2D eigenvalue weighted by Crippen LogP contribution is -2.28. The summed E-state index contributed by atoms with van der Waals surface area (Å²) >= 11 is 0. The summed E-state index contributed by atoms with van der Waals surface area (Å²) in [5.74, 6) is 1.81. The lowest BCUT2D eigenvalue weighted by atomic mass is 9.67. The third kappa shape index (κ3) is 4.71. The zero-order chi connectivity index (χ0) is 33.9. The van der Waals surface area contributed by atoms with Crippen LogP contribution in [0, 0.1) is 11.3 Å². The number of fused-ring (bicyclic) bond motifs is 8. The fraction of sp³-hybridized carbons (Fsp3) is 0.130. The quantitative estimate of drug-likeness (QED) is 0.188. The van der Waals surface area contributed by atoms with E-state index in [1.165, 1.54) is 47.1 Å². The number of nitriles is 1. The molecule has 0 atom stereocenters. The molecule has 10 rings (SSSR count). The van der Waals surface area contributed by atoms with Crippen LogP contribution in [0.2, 0.25) is 0 Å². The summed E-state index contributed by atoms with van der Waals surface area (Å²) in [6.07, 6.45) is 5.98. The van der Waals surface area contributed by atoms with Gasteiger partial charge < -0.3 is 4.42 Å². The molecule has 2 aliphatic carbocycles. The van der Waals surface area contributed by atoms with Crippen LogP contribution in [0.25, 0.3) is 78.4 Å². The van der Waals surface area contributed by atoms with Gasteiger partial charge >= 0.3 is 0 Å². The van der Waals surface area contributed by atoms with Crippen molar-refractivity contribution in [1.82, 2.24) is 15.0 Å². The second-order valence-corrected chi connectivity index (χ2v) is 13.8. The largest absolute Gasteiger partial charge is 0.455 e. The molecule has 2 aliphatic rings. The molecule has 8 aromatic rings. The van der Waals surface area contributed by atoms with Crippen molar-refractivity contribution < 1.29 is 4.42 Å². The monoisotopic (exact) mass is 656 g/mol. The van der Waals surface area contributed by atoms with E-state index in [1.54, 1.807) is 0 Å². The summed E-state index contributed by atoms with van der Waals surface area (Å²) in [7, 11) is 0. The highest BCUT2D eigenvalue weighted by molar-refractivity contribution is 6.10. The Morgan fingerprint density at radius 1 is 0.510 bits per heavy atom. The molecule has 0 amide bonds. The third-order valence-corrected chi connectivity index (χ3v) is 11.0. The van der Waals surface area contributed by atoms with E-state index in [-0.39, 0.29) is 5.41 Å². The summed E-state index contributed by atoms with van der Waals surface area (Å²) < 4.78 is 6.61. The molecule has 1 fully saturated rings. The molecular weight excluding hydrogens is 625 g/mol. The lowest BCUT2D eigenvalue weighted by Gasteiger charge is -2.36. The topological polar surface area (TPSA) is 75.6 Å². The molecule has 6 aromatic carbocycles. The molecule has 0 N–H and O–H groups in total. The van der Waals surface area contributed by atoms with E-state index in [0.717, 1.165) is 62.6 Å². The second kappa shape index (κ2) is 11.6. The number of hydrogen-bond donors (Lipinski definition) is 0. The fourth-order valence-electron chi connectivity index (χ4n) is 8.53. The first-order chi connectivity index (χ1) is 25.2. The summed E-state index contributed by atoms with van der Waals surface area (Å²) in [5, 5.41) is 11.8. The average molecular weight is 657 g/mol. The van der Waals surface area contributed by atoms with E-state index in [1.807, 2.05) is 72.8 Å². The van der Waals surface area contributed by atoms with E-state index in [9.17, 15) is 5.26 Å². The first kappa shape index (κ1) is 29.5. The van der Waals surface area contributed by atoms with Crippen molar-refractivity contribution in [2.24, 2.45) is 0 Å². The number of nitrogens with zero attached hydrogens (tertiary/aromatic N) is 4. The van der Waals surface area contributed by atoms with Gasteiger partial charge in [-0.2, -0.15) is 5.26 Å². The van der Waals surface area contributed by atoms with Crippen molar-refractivity contribution in [3.05, 3.63) is 150 Å². The predicted molar refractivity (Wildman–Crippen MR) is 203 cm³/mol. The highest BCUT2D eigenvalue weighted by Crippen LogP contribution is 2.56. The van der Waals surface area contributed by atoms with Crippen molar-refractivity contribution in [2.75, 3.05) is 0 Å². The Balaban J connectivity index is 1.10. The standard InChI is InChI=1S/C46H32N4O/c47-28-29-17-20-34-37-26-32(18-21-39(37)46(40(34)25-29)23-8-3-9-24-46)33-19-22-41-38(27-33)35-15-10-16-36(42(35)51-41)45-49-43(30-11-4-1-5-12-30)48-44(50-45)31-13-6-2-7-14-31/h1-2,4-7,10-22,25-27H,3,8-9,23-24H2. The number of rotatable bonds is 4. The van der Waals surface area contributed by atoms with E-state index in [2.05, 4.69) is 66.7 Å². The number of para-hydroxylation sites is 1. The fourth-order valence-corrected chi connectivity index (χ4v) is 8.53. The van der Waals surface area contributed by atoms with Gasteiger partial charge in [-0.3, -0.25) is 0 Å². The van der Waals surface area contributed by atoms with Gasteiger partial charge in [0.15, 0.2) is 17.5 Å². The maximum Gasteiger partial charge on any atom is 0.167 e. The Morgan fingerprint density at radius 3 is 1.92 bits per heavy atom. The van der Waals surface area contributed by atoms with Crippen LogP contribution in [0.5, 0.6) is 0 Å². The van der Waals surface area contributed by atoms with Crippen molar-refractivity contribution in [1.29, 1.82) is 5.26 Å². The van der Waals surface area contributed by atoms with Gasteiger partial charge in [-0.05, 0) is 82.6 Å². The molecular formula is C46H32N4O. The zero-order valence-corrected chi connectivity index (χ0v) is 27.9. The Kier molecular flexibility index (Phi) is 6.72. The Labute approximate surface area is 295 Å². The van der Waals surface area contributed by atoms with E-state index < -0.39 is 0 Å². The van der Waals surface area contributed by atoms with Crippen LogP contribution in [-0.2, 0) is 5.41 Å². The van der Waals surface area contributed by atoms with Crippen molar-refractivity contribution in [3.63, 3.8) is 0 Å². The molecule has 2 aromatic heterocycles. The van der Waals surface area contributed by atoms with E-state index >= 15 is 0 Å². The summed E-state index contributed by atoms with van der Waals surface area (Å²) in [6, 6.07) is 48.4. The molecule has 1 saturated carbocycles. The number of benzene rings is 6. The summed E-state index contributed by atoms with van der Waals surface area (Å²) in [4.78, 5) is 14.8. The molecule has 51 heavy (non-hydrogen) atoms. The van der Waals surface area contributed by atoms with Gasteiger partial charge in [0.05, 0.1) is 17.2 Å². The molecule has 0 bridgehead atoms. The SMILES string of the molecule is N#Cc1ccc2c(c1)C1(CCCCC1)c1ccc(-c3ccc4oc5c(-c6nc(-c7ccccc7)nc(-c7ccccc7)n6)cccc5c4c3)cc1-2. The van der Waals surface area contributed by atoms with Gasteiger partial charge in [-0.25, -0.2) is 15.0 Å². The Bertz CT molecular complexity index is 2620. The minimum atomic E-state index is 0.00516. The van der Waals surface area contributed by atoms with Crippen LogP contribution < -0.4 is 0 Å². The Hall–Kier alpha value is -6.38. The third-order valence-electron chi connectivity index (χ3n) is 11.0. The van der Waals surface area contributed by atoms with Crippen molar-refractivity contribution in [2.45, 2.75) is 37.5 Å².